The molecule has 0 aromatic carbocycles. The Morgan fingerprint density at radius 1 is 1.58 bits per heavy atom. The van der Waals surface area contributed by atoms with Crippen molar-refractivity contribution in [3.05, 3.63) is 0 Å². The third-order valence-electron chi connectivity index (χ3n) is 1.79. The van der Waals surface area contributed by atoms with Crippen LogP contribution in [0.15, 0.2) is 0 Å². The Bertz CT molecular complexity index is 212. The van der Waals surface area contributed by atoms with E-state index < -0.39 is 10.0 Å². The molecule has 2 N–H and O–H groups in total. The molecule has 1 saturated heterocycles. The summed E-state index contributed by atoms with van der Waals surface area (Å²) in [7, 11) is -2.99. The first-order valence-corrected chi connectivity index (χ1v) is 5.50. The molecule has 0 spiro atoms. The van der Waals surface area contributed by atoms with Crippen molar-refractivity contribution in [1.82, 2.24) is 10.0 Å². The quantitative estimate of drug-likeness (QED) is 0.679. The van der Waals surface area contributed by atoms with Crippen LogP contribution in [0.1, 0.15) is 13.3 Å². The topological polar surface area (TPSA) is 58.2 Å². The van der Waals surface area contributed by atoms with E-state index in [9.17, 15) is 8.42 Å². The summed E-state index contributed by atoms with van der Waals surface area (Å²) in [4.78, 5) is 0. The highest BCUT2D eigenvalue weighted by Crippen LogP contribution is 1.99. The van der Waals surface area contributed by atoms with Crippen LogP contribution in [0, 0.1) is 0 Å². The lowest BCUT2D eigenvalue weighted by molar-refractivity contribution is 0.561. The van der Waals surface area contributed by atoms with Crippen molar-refractivity contribution in [2.24, 2.45) is 0 Å². The smallest absolute Gasteiger partial charge is 0.211 e. The SMILES string of the molecule is CCS(=O)(=O)NC1CCNC1.Cl. The summed E-state index contributed by atoms with van der Waals surface area (Å²) in [6, 6.07) is 0.111. The van der Waals surface area contributed by atoms with E-state index in [0.717, 1.165) is 19.5 Å². The summed E-state index contributed by atoms with van der Waals surface area (Å²) in [5.74, 6) is 0.170. The molecular formula is C6H15ClN2O2S. The molecule has 1 aliphatic heterocycles. The maximum atomic E-state index is 11.0. The molecule has 0 bridgehead atoms. The van der Waals surface area contributed by atoms with E-state index >= 15 is 0 Å². The van der Waals surface area contributed by atoms with Crippen molar-refractivity contribution in [3.8, 4) is 0 Å². The Balaban J connectivity index is 0.00000121. The lowest BCUT2D eigenvalue weighted by atomic mass is 10.3. The molecule has 4 nitrogen and oxygen atoms in total. The zero-order chi connectivity index (χ0) is 8.32. The molecule has 0 radical (unpaired) electrons. The van der Waals surface area contributed by atoms with Gasteiger partial charge in [0.15, 0.2) is 0 Å². The van der Waals surface area contributed by atoms with Crippen LogP contribution in [0.2, 0.25) is 0 Å². The first-order chi connectivity index (χ1) is 5.14. The first kappa shape index (κ1) is 12.2. The average Bonchev–Trinajstić information content (AvgIpc) is 2.39. The zero-order valence-electron chi connectivity index (χ0n) is 7.04. The van der Waals surface area contributed by atoms with Gasteiger partial charge in [0.05, 0.1) is 5.75 Å². The number of hydrogen-bond acceptors (Lipinski definition) is 3. The minimum Gasteiger partial charge on any atom is -0.315 e. The van der Waals surface area contributed by atoms with Crippen molar-refractivity contribution < 1.29 is 8.42 Å². The molecule has 74 valence electrons. The van der Waals surface area contributed by atoms with Crippen LogP contribution in [0.3, 0.4) is 0 Å². The molecule has 1 aliphatic rings. The van der Waals surface area contributed by atoms with Gasteiger partial charge in [-0.05, 0) is 19.9 Å². The molecule has 12 heavy (non-hydrogen) atoms. The average molecular weight is 215 g/mol. The lowest BCUT2D eigenvalue weighted by Gasteiger charge is -2.09. The molecule has 0 aromatic heterocycles. The number of hydrogen-bond donors (Lipinski definition) is 2. The molecule has 1 atom stereocenters. The summed E-state index contributed by atoms with van der Waals surface area (Å²) in [6.45, 7) is 3.32. The monoisotopic (exact) mass is 214 g/mol. The third kappa shape index (κ3) is 3.71. The van der Waals surface area contributed by atoms with Crippen molar-refractivity contribution in [3.63, 3.8) is 0 Å². The molecule has 0 aliphatic carbocycles. The van der Waals surface area contributed by atoms with Gasteiger partial charge >= 0.3 is 0 Å². The Morgan fingerprint density at radius 3 is 2.67 bits per heavy atom. The predicted molar refractivity (Wildman–Crippen MR) is 51.1 cm³/mol. The van der Waals surface area contributed by atoms with Crippen LogP contribution in [0.4, 0.5) is 0 Å². The van der Waals surface area contributed by atoms with Gasteiger partial charge in [-0.3, -0.25) is 0 Å². The number of halogens is 1. The van der Waals surface area contributed by atoms with E-state index in [1.165, 1.54) is 0 Å². The third-order valence-corrected chi connectivity index (χ3v) is 3.24. The second-order valence-electron chi connectivity index (χ2n) is 2.71. The highest BCUT2D eigenvalue weighted by atomic mass is 35.5. The number of nitrogens with one attached hydrogen (secondary N) is 2. The fraction of sp³-hybridized carbons (Fsp3) is 1.00. The summed E-state index contributed by atoms with van der Waals surface area (Å²) < 4.78 is 24.6. The number of sulfonamides is 1. The van der Waals surface area contributed by atoms with Gasteiger partial charge in [0.25, 0.3) is 0 Å². The minimum absolute atomic E-state index is 0. The van der Waals surface area contributed by atoms with E-state index in [4.69, 9.17) is 0 Å². The Labute approximate surface area is 79.6 Å². The fourth-order valence-electron chi connectivity index (χ4n) is 1.09. The van der Waals surface area contributed by atoms with Crippen LogP contribution >= 0.6 is 12.4 Å². The van der Waals surface area contributed by atoms with Crippen LogP contribution in [0.5, 0.6) is 0 Å². The van der Waals surface area contributed by atoms with Gasteiger partial charge in [0.1, 0.15) is 0 Å². The second kappa shape index (κ2) is 5.01. The molecule has 1 unspecified atom stereocenters. The van der Waals surface area contributed by atoms with E-state index in [-0.39, 0.29) is 24.2 Å². The highest BCUT2D eigenvalue weighted by molar-refractivity contribution is 7.89. The maximum absolute atomic E-state index is 11.0. The summed E-state index contributed by atoms with van der Waals surface area (Å²) in [5, 5.41) is 3.09. The molecule has 6 heteroatoms. The minimum atomic E-state index is -2.99. The zero-order valence-corrected chi connectivity index (χ0v) is 8.67. The van der Waals surface area contributed by atoms with Gasteiger partial charge in [0, 0.05) is 12.6 Å². The summed E-state index contributed by atoms with van der Waals surface area (Å²) in [5.41, 5.74) is 0. The lowest BCUT2D eigenvalue weighted by Crippen LogP contribution is -2.37. The van der Waals surface area contributed by atoms with E-state index in [0.29, 0.717) is 0 Å². The van der Waals surface area contributed by atoms with Crippen LogP contribution in [-0.4, -0.2) is 33.3 Å². The largest absolute Gasteiger partial charge is 0.315 e. The van der Waals surface area contributed by atoms with E-state index in [1.54, 1.807) is 6.92 Å². The van der Waals surface area contributed by atoms with Crippen LogP contribution in [0.25, 0.3) is 0 Å². The Kier molecular flexibility index (Phi) is 5.08. The molecule has 1 fully saturated rings. The molecule has 0 aromatic rings. The van der Waals surface area contributed by atoms with E-state index in [2.05, 4.69) is 10.0 Å². The van der Waals surface area contributed by atoms with Gasteiger partial charge < -0.3 is 5.32 Å². The Morgan fingerprint density at radius 2 is 2.25 bits per heavy atom. The number of rotatable bonds is 3. The maximum Gasteiger partial charge on any atom is 0.211 e. The van der Waals surface area contributed by atoms with Gasteiger partial charge in [-0.25, -0.2) is 13.1 Å². The predicted octanol–water partition coefficient (Wildman–Crippen LogP) is -0.291. The van der Waals surface area contributed by atoms with E-state index in [1.807, 2.05) is 0 Å². The molecule has 1 heterocycles. The van der Waals surface area contributed by atoms with Crippen LogP contribution < -0.4 is 10.0 Å². The van der Waals surface area contributed by atoms with Crippen molar-refractivity contribution in [1.29, 1.82) is 0 Å². The Hall–Kier alpha value is 0.160. The molecule has 1 rings (SSSR count). The molecule has 0 amide bonds. The van der Waals surface area contributed by atoms with Gasteiger partial charge in [-0.1, -0.05) is 0 Å². The van der Waals surface area contributed by atoms with Crippen molar-refractivity contribution in [2.45, 2.75) is 19.4 Å². The summed E-state index contributed by atoms with van der Waals surface area (Å²) >= 11 is 0. The molecular weight excluding hydrogens is 200 g/mol. The van der Waals surface area contributed by atoms with Gasteiger partial charge in [0.2, 0.25) is 10.0 Å². The normalized spacial score (nSPS) is 23.6. The van der Waals surface area contributed by atoms with Gasteiger partial charge in [-0.2, -0.15) is 0 Å². The standard InChI is InChI=1S/C6H14N2O2S.ClH/c1-2-11(9,10)8-6-3-4-7-5-6;/h6-8H,2-5H2,1H3;1H. The second-order valence-corrected chi connectivity index (χ2v) is 4.75. The first-order valence-electron chi connectivity index (χ1n) is 3.85. The summed E-state index contributed by atoms with van der Waals surface area (Å²) in [6.07, 6.45) is 0.902. The van der Waals surface area contributed by atoms with Gasteiger partial charge in [-0.15, -0.1) is 12.4 Å². The molecule has 0 saturated carbocycles. The van der Waals surface area contributed by atoms with Crippen LogP contribution in [-0.2, 0) is 10.0 Å². The van der Waals surface area contributed by atoms with Crippen molar-refractivity contribution in [2.75, 3.05) is 18.8 Å². The van der Waals surface area contributed by atoms with Crippen molar-refractivity contribution >= 4 is 22.4 Å². The fourth-order valence-corrected chi connectivity index (χ4v) is 1.97. The highest BCUT2D eigenvalue weighted by Gasteiger charge is 2.18.